The number of amides is 3. The molecule has 1 aromatic heterocycles. The summed E-state index contributed by atoms with van der Waals surface area (Å²) in [4.78, 5) is 32.5. The summed E-state index contributed by atoms with van der Waals surface area (Å²) in [5, 5.41) is 6.35. The lowest BCUT2D eigenvalue weighted by Gasteiger charge is -2.26. The molecule has 0 atom stereocenters. The topological polar surface area (TPSA) is 112 Å². The van der Waals surface area contributed by atoms with Crippen LogP contribution in [-0.4, -0.2) is 61.2 Å². The minimum atomic E-state index is -3.54. The number of urea groups is 1. The van der Waals surface area contributed by atoms with Crippen LogP contribution in [0.2, 0.25) is 0 Å². The number of carbonyl (C=O) groups is 2. The van der Waals surface area contributed by atoms with Crippen LogP contribution in [0.15, 0.2) is 29.2 Å². The van der Waals surface area contributed by atoms with E-state index in [2.05, 4.69) is 15.6 Å². The lowest BCUT2D eigenvalue weighted by Crippen LogP contribution is -2.36. The smallest absolute Gasteiger partial charge is 0.321 e. The molecule has 2 heterocycles. The summed E-state index contributed by atoms with van der Waals surface area (Å²) in [6, 6.07) is 5.99. The molecule has 0 bridgehead atoms. The third-order valence-electron chi connectivity index (χ3n) is 5.81. The molecule has 2 aliphatic rings. The normalized spacial score (nSPS) is 16.8. The van der Waals surface area contributed by atoms with Crippen LogP contribution in [0.3, 0.4) is 0 Å². The molecule has 3 amide bonds. The molecule has 1 aliphatic heterocycles. The predicted molar refractivity (Wildman–Crippen MR) is 122 cm³/mol. The molecule has 0 saturated heterocycles. The summed E-state index contributed by atoms with van der Waals surface area (Å²) in [6.07, 6.45) is 4.93. The molecule has 1 fully saturated rings. The molecule has 1 aliphatic carbocycles. The number of thiazole rings is 1. The van der Waals surface area contributed by atoms with Gasteiger partial charge in [-0.25, -0.2) is 22.5 Å². The van der Waals surface area contributed by atoms with Crippen molar-refractivity contribution in [1.82, 2.24) is 19.5 Å². The molecule has 172 valence electrons. The number of benzene rings is 1. The van der Waals surface area contributed by atoms with Gasteiger partial charge in [0.1, 0.15) is 0 Å². The van der Waals surface area contributed by atoms with Gasteiger partial charge in [0.25, 0.3) is 5.91 Å². The highest BCUT2D eigenvalue weighted by atomic mass is 32.2. The highest BCUT2D eigenvalue weighted by Gasteiger charge is 2.26. The summed E-state index contributed by atoms with van der Waals surface area (Å²) >= 11 is 1.39. The summed E-state index contributed by atoms with van der Waals surface area (Å²) in [5.41, 5.74) is 1.34. The number of rotatable bonds is 5. The van der Waals surface area contributed by atoms with Gasteiger partial charge in [-0.05, 0) is 37.1 Å². The third kappa shape index (κ3) is 4.79. The summed E-state index contributed by atoms with van der Waals surface area (Å²) in [5.74, 6) is -0.161. The van der Waals surface area contributed by atoms with Gasteiger partial charge in [0.2, 0.25) is 10.0 Å². The Bertz CT molecular complexity index is 1110. The van der Waals surface area contributed by atoms with E-state index in [4.69, 9.17) is 0 Å². The van der Waals surface area contributed by atoms with Gasteiger partial charge in [0, 0.05) is 43.5 Å². The van der Waals surface area contributed by atoms with Crippen LogP contribution in [0.5, 0.6) is 0 Å². The third-order valence-corrected chi connectivity index (χ3v) is 8.64. The Hall–Kier alpha value is -2.50. The average molecular weight is 478 g/mol. The zero-order valence-electron chi connectivity index (χ0n) is 18.1. The van der Waals surface area contributed by atoms with Crippen molar-refractivity contribution in [2.45, 2.75) is 49.6 Å². The Kier molecular flexibility index (Phi) is 6.50. The second-order valence-corrected chi connectivity index (χ2v) is 11.5. The van der Waals surface area contributed by atoms with Crippen molar-refractivity contribution in [3.8, 4) is 0 Å². The molecule has 11 heteroatoms. The minimum Gasteiger partial charge on any atom is -0.335 e. The molecule has 1 saturated carbocycles. The van der Waals surface area contributed by atoms with E-state index in [1.54, 1.807) is 17.0 Å². The first kappa shape index (κ1) is 22.7. The number of sulfonamides is 1. The van der Waals surface area contributed by atoms with Gasteiger partial charge in [0.05, 0.1) is 17.1 Å². The Morgan fingerprint density at radius 3 is 2.50 bits per heavy atom. The van der Waals surface area contributed by atoms with E-state index in [0.717, 1.165) is 40.6 Å². The fourth-order valence-electron chi connectivity index (χ4n) is 3.97. The van der Waals surface area contributed by atoms with E-state index in [9.17, 15) is 18.0 Å². The van der Waals surface area contributed by atoms with Crippen molar-refractivity contribution in [3.63, 3.8) is 0 Å². The maximum Gasteiger partial charge on any atom is 0.321 e. The summed E-state index contributed by atoms with van der Waals surface area (Å²) in [7, 11) is -0.600. The van der Waals surface area contributed by atoms with Crippen molar-refractivity contribution in [1.29, 1.82) is 0 Å². The predicted octanol–water partition coefficient (Wildman–Crippen LogP) is 2.66. The van der Waals surface area contributed by atoms with Gasteiger partial charge in [-0.15, -0.1) is 0 Å². The van der Waals surface area contributed by atoms with Crippen LogP contribution >= 0.6 is 11.3 Å². The largest absolute Gasteiger partial charge is 0.335 e. The van der Waals surface area contributed by atoms with E-state index in [-0.39, 0.29) is 22.9 Å². The number of fused-ring (bicyclic) bond motifs is 1. The molecule has 0 radical (unpaired) electrons. The van der Waals surface area contributed by atoms with E-state index < -0.39 is 10.0 Å². The van der Waals surface area contributed by atoms with E-state index >= 15 is 0 Å². The molecular formula is C21H27N5O4S2. The van der Waals surface area contributed by atoms with Crippen LogP contribution in [0, 0.1) is 0 Å². The Labute approximate surface area is 191 Å². The number of hydrogen-bond donors (Lipinski definition) is 2. The Morgan fingerprint density at radius 1 is 1.16 bits per heavy atom. The van der Waals surface area contributed by atoms with E-state index in [0.29, 0.717) is 30.2 Å². The second kappa shape index (κ2) is 9.16. The highest BCUT2D eigenvalue weighted by Crippen LogP contribution is 2.29. The maximum atomic E-state index is 13.0. The average Bonchev–Trinajstić information content (AvgIpc) is 3.41. The van der Waals surface area contributed by atoms with Crippen molar-refractivity contribution < 1.29 is 18.0 Å². The zero-order chi connectivity index (χ0) is 22.9. The Morgan fingerprint density at radius 2 is 1.84 bits per heavy atom. The number of nitrogens with zero attached hydrogens (tertiary/aromatic N) is 3. The van der Waals surface area contributed by atoms with Gasteiger partial charge in [0.15, 0.2) is 5.13 Å². The Balaban J connectivity index is 1.39. The fourth-order valence-corrected chi connectivity index (χ4v) is 5.89. The number of anilines is 1. The molecule has 0 spiro atoms. The van der Waals surface area contributed by atoms with Gasteiger partial charge in [-0.3, -0.25) is 10.1 Å². The first-order valence-electron chi connectivity index (χ1n) is 10.6. The number of aromatic nitrogens is 1. The fraction of sp³-hybridized carbons (Fsp3) is 0.476. The molecule has 1 aromatic carbocycles. The van der Waals surface area contributed by atoms with Crippen LogP contribution < -0.4 is 10.6 Å². The van der Waals surface area contributed by atoms with Crippen LogP contribution in [0.25, 0.3) is 0 Å². The van der Waals surface area contributed by atoms with E-state index in [1.807, 2.05) is 0 Å². The van der Waals surface area contributed by atoms with Gasteiger partial charge in [-0.1, -0.05) is 24.2 Å². The standard InChI is InChI=1S/C21H27N5O4S2/c1-25(2)32(29,30)16-9-7-14(8-10-16)19(27)26-12-11-17-18(13-26)31-21(23-17)24-20(28)22-15-5-3-4-6-15/h7-10,15H,3-6,11-13H2,1-2H3,(H2,22,23,24,28). The zero-order valence-corrected chi connectivity index (χ0v) is 19.8. The second-order valence-electron chi connectivity index (χ2n) is 8.26. The molecule has 4 rings (SSSR count). The van der Waals surface area contributed by atoms with Crippen LogP contribution in [0.4, 0.5) is 9.93 Å². The van der Waals surface area contributed by atoms with Crippen molar-refractivity contribution in [2.75, 3.05) is 26.0 Å². The molecule has 2 aromatic rings. The first-order valence-corrected chi connectivity index (χ1v) is 12.9. The minimum absolute atomic E-state index is 0.147. The number of carbonyl (C=O) groups excluding carboxylic acids is 2. The number of hydrogen-bond acceptors (Lipinski definition) is 6. The highest BCUT2D eigenvalue weighted by molar-refractivity contribution is 7.89. The van der Waals surface area contributed by atoms with E-state index in [1.165, 1.54) is 37.6 Å². The molecule has 0 unspecified atom stereocenters. The van der Waals surface area contributed by atoms with Gasteiger partial charge in [-0.2, -0.15) is 0 Å². The monoisotopic (exact) mass is 477 g/mol. The van der Waals surface area contributed by atoms with Crippen molar-refractivity contribution in [2.24, 2.45) is 0 Å². The van der Waals surface area contributed by atoms with Gasteiger partial charge < -0.3 is 10.2 Å². The first-order chi connectivity index (χ1) is 15.2. The number of nitrogens with one attached hydrogen (secondary N) is 2. The molecular weight excluding hydrogens is 450 g/mol. The van der Waals surface area contributed by atoms with Crippen LogP contribution in [0.1, 0.15) is 46.6 Å². The summed E-state index contributed by atoms with van der Waals surface area (Å²) < 4.78 is 25.6. The maximum absolute atomic E-state index is 13.0. The SMILES string of the molecule is CN(C)S(=O)(=O)c1ccc(C(=O)N2CCc3nc(NC(=O)NC4CCCC4)sc3C2)cc1. The quantitative estimate of drug-likeness (QED) is 0.688. The molecule has 9 nitrogen and oxygen atoms in total. The van der Waals surface area contributed by atoms with Crippen molar-refractivity contribution in [3.05, 3.63) is 40.4 Å². The van der Waals surface area contributed by atoms with Crippen molar-refractivity contribution >= 4 is 38.4 Å². The van der Waals surface area contributed by atoms with Crippen LogP contribution in [-0.2, 0) is 23.0 Å². The molecule has 2 N–H and O–H groups in total. The summed E-state index contributed by atoms with van der Waals surface area (Å²) in [6.45, 7) is 0.927. The lowest BCUT2D eigenvalue weighted by atomic mass is 10.1. The van der Waals surface area contributed by atoms with Gasteiger partial charge >= 0.3 is 6.03 Å². The lowest BCUT2D eigenvalue weighted by molar-refractivity contribution is 0.0736. The molecule has 32 heavy (non-hydrogen) atoms.